The first-order valence-corrected chi connectivity index (χ1v) is 9.84. The van der Waals surface area contributed by atoms with Crippen LogP contribution in [0, 0.1) is 6.92 Å². The van der Waals surface area contributed by atoms with Crippen molar-refractivity contribution in [1.29, 1.82) is 0 Å². The maximum absolute atomic E-state index is 12.9. The molecular formula is C22H26N4O2. The summed E-state index contributed by atoms with van der Waals surface area (Å²) in [6, 6.07) is 10.7. The number of aromatic nitrogens is 3. The van der Waals surface area contributed by atoms with Gasteiger partial charge in [0.05, 0.1) is 10.9 Å². The van der Waals surface area contributed by atoms with E-state index in [0.29, 0.717) is 11.3 Å². The molecule has 6 nitrogen and oxygen atoms in total. The van der Waals surface area contributed by atoms with Crippen molar-refractivity contribution in [1.82, 2.24) is 19.7 Å². The van der Waals surface area contributed by atoms with E-state index in [4.69, 9.17) is 0 Å². The quantitative estimate of drug-likeness (QED) is 0.762. The van der Waals surface area contributed by atoms with Gasteiger partial charge in [0, 0.05) is 26.3 Å². The maximum Gasteiger partial charge on any atom is 0.272 e. The Kier molecular flexibility index (Phi) is 4.79. The largest absolute Gasteiger partial charge is 0.348 e. The summed E-state index contributed by atoms with van der Waals surface area (Å²) in [5.74, 6) is 0.302. The van der Waals surface area contributed by atoms with E-state index in [-0.39, 0.29) is 23.2 Å². The van der Waals surface area contributed by atoms with Crippen molar-refractivity contribution in [3.63, 3.8) is 0 Å². The molecule has 28 heavy (non-hydrogen) atoms. The summed E-state index contributed by atoms with van der Waals surface area (Å²) in [7, 11) is 3.48. The number of amides is 1. The molecule has 146 valence electrons. The smallest absolute Gasteiger partial charge is 0.272 e. The highest BCUT2D eigenvalue weighted by Crippen LogP contribution is 2.32. The summed E-state index contributed by atoms with van der Waals surface area (Å²) in [4.78, 5) is 25.6. The van der Waals surface area contributed by atoms with Gasteiger partial charge in [0.1, 0.15) is 0 Å². The molecule has 1 amide bonds. The van der Waals surface area contributed by atoms with Crippen LogP contribution >= 0.6 is 0 Å². The number of carbonyl (C=O) groups is 1. The Bertz CT molecular complexity index is 1070. The van der Waals surface area contributed by atoms with Crippen LogP contribution in [0.2, 0.25) is 0 Å². The molecule has 0 spiro atoms. The SMILES string of the molecule is Cc1cn(C)c(=O)c2c(C(=O)N[C@H]3CC[C@@H](c4ccccc4)CC3)nn(C)c12. The highest BCUT2D eigenvalue weighted by molar-refractivity contribution is 6.05. The van der Waals surface area contributed by atoms with Crippen LogP contribution in [-0.4, -0.2) is 26.3 Å². The van der Waals surface area contributed by atoms with Gasteiger partial charge in [-0.15, -0.1) is 0 Å². The number of nitrogens with one attached hydrogen (secondary N) is 1. The van der Waals surface area contributed by atoms with Crippen molar-refractivity contribution in [3.05, 3.63) is 63.7 Å². The Labute approximate surface area is 164 Å². The Morgan fingerprint density at radius 3 is 2.46 bits per heavy atom. The molecule has 2 aromatic heterocycles. The lowest BCUT2D eigenvalue weighted by atomic mass is 9.82. The third-order valence-corrected chi connectivity index (χ3v) is 5.89. The second-order valence-corrected chi connectivity index (χ2v) is 7.86. The van der Waals surface area contributed by atoms with E-state index in [9.17, 15) is 9.59 Å². The summed E-state index contributed by atoms with van der Waals surface area (Å²) in [6.07, 6.45) is 5.76. The molecule has 6 heteroatoms. The van der Waals surface area contributed by atoms with Crippen LogP contribution in [-0.2, 0) is 14.1 Å². The fourth-order valence-electron chi connectivity index (χ4n) is 4.47. The molecule has 0 aliphatic heterocycles. The van der Waals surface area contributed by atoms with Crippen LogP contribution in [0.25, 0.3) is 10.9 Å². The topological polar surface area (TPSA) is 68.9 Å². The molecule has 0 unspecified atom stereocenters. The molecule has 4 rings (SSSR count). The van der Waals surface area contributed by atoms with Gasteiger partial charge in [-0.2, -0.15) is 5.10 Å². The number of nitrogens with zero attached hydrogens (tertiary/aromatic N) is 3. The molecule has 1 aliphatic carbocycles. The molecule has 1 fully saturated rings. The number of rotatable bonds is 3. The van der Waals surface area contributed by atoms with Gasteiger partial charge in [0.2, 0.25) is 0 Å². The van der Waals surface area contributed by atoms with Crippen LogP contribution < -0.4 is 10.9 Å². The zero-order valence-corrected chi connectivity index (χ0v) is 16.6. The Hall–Kier alpha value is -2.89. The molecule has 0 saturated heterocycles. The molecular weight excluding hydrogens is 352 g/mol. The van der Waals surface area contributed by atoms with Gasteiger partial charge < -0.3 is 9.88 Å². The lowest BCUT2D eigenvalue weighted by molar-refractivity contribution is 0.0921. The van der Waals surface area contributed by atoms with Crippen LogP contribution in [0.3, 0.4) is 0 Å². The van der Waals surface area contributed by atoms with Crippen LogP contribution in [0.1, 0.15) is 53.2 Å². The van der Waals surface area contributed by atoms with Crippen LogP contribution in [0.5, 0.6) is 0 Å². The highest BCUT2D eigenvalue weighted by Gasteiger charge is 2.26. The number of carbonyl (C=O) groups excluding carboxylic acids is 1. The average molecular weight is 378 g/mol. The molecule has 0 bridgehead atoms. The standard InChI is InChI=1S/C22H26N4O2/c1-14-13-25(2)22(28)18-19(24-26(3)20(14)18)21(27)23-17-11-9-16(10-12-17)15-7-5-4-6-8-15/h4-8,13,16-17H,9-12H2,1-3H3,(H,23,27)/t16-,17+. The molecule has 1 N–H and O–H groups in total. The molecule has 1 aliphatic rings. The highest BCUT2D eigenvalue weighted by atomic mass is 16.2. The lowest BCUT2D eigenvalue weighted by Gasteiger charge is -2.29. The van der Waals surface area contributed by atoms with Crippen molar-refractivity contribution in [2.45, 2.75) is 44.6 Å². The number of fused-ring (bicyclic) bond motifs is 1. The van der Waals surface area contributed by atoms with Crippen LogP contribution in [0.4, 0.5) is 0 Å². The first-order chi connectivity index (χ1) is 13.5. The Morgan fingerprint density at radius 1 is 1.11 bits per heavy atom. The summed E-state index contributed by atoms with van der Waals surface area (Å²) in [5.41, 5.74) is 3.07. The zero-order valence-electron chi connectivity index (χ0n) is 16.6. The number of aryl methyl sites for hydroxylation is 3. The summed E-state index contributed by atoms with van der Waals surface area (Å²) in [6.45, 7) is 1.93. The second-order valence-electron chi connectivity index (χ2n) is 7.86. The predicted octanol–water partition coefficient (Wildman–Crippen LogP) is 3.04. The van der Waals surface area contributed by atoms with E-state index in [1.54, 1.807) is 25.0 Å². The van der Waals surface area contributed by atoms with Gasteiger partial charge in [-0.1, -0.05) is 30.3 Å². The molecule has 2 heterocycles. The summed E-state index contributed by atoms with van der Waals surface area (Å²) >= 11 is 0. The number of hydrogen-bond acceptors (Lipinski definition) is 3. The molecule has 0 atom stereocenters. The van der Waals surface area contributed by atoms with Gasteiger partial charge in [-0.05, 0) is 49.7 Å². The van der Waals surface area contributed by atoms with Gasteiger partial charge in [0.25, 0.3) is 11.5 Å². The third-order valence-electron chi connectivity index (χ3n) is 5.89. The van der Waals surface area contributed by atoms with E-state index in [1.807, 2.05) is 13.0 Å². The van der Waals surface area contributed by atoms with E-state index in [1.165, 1.54) is 10.1 Å². The van der Waals surface area contributed by atoms with E-state index < -0.39 is 0 Å². The van der Waals surface area contributed by atoms with Gasteiger partial charge >= 0.3 is 0 Å². The molecule has 1 aromatic carbocycles. The van der Waals surface area contributed by atoms with Crippen molar-refractivity contribution >= 4 is 16.8 Å². The molecule has 1 saturated carbocycles. The minimum Gasteiger partial charge on any atom is -0.348 e. The second kappa shape index (κ2) is 7.26. The minimum atomic E-state index is -0.253. The Balaban J connectivity index is 1.52. The maximum atomic E-state index is 12.9. The van der Waals surface area contributed by atoms with Crippen molar-refractivity contribution in [2.24, 2.45) is 14.1 Å². The van der Waals surface area contributed by atoms with Gasteiger partial charge in [0.15, 0.2) is 5.69 Å². The third kappa shape index (κ3) is 3.23. The first-order valence-electron chi connectivity index (χ1n) is 9.84. The van der Waals surface area contributed by atoms with Gasteiger partial charge in [-0.3, -0.25) is 14.3 Å². The summed E-state index contributed by atoms with van der Waals surface area (Å²) < 4.78 is 3.15. The fraction of sp³-hybridized carbons (Fsp3) is 0.409. The predicted molar refractivity (Wildman–Crippen MR) is 110 cm³/mol. The summed E-state index contributed by atoms with van der Waals surface area (Å²) in [5, 5.41) is 7.89. The minimum absolute atomic E-state index is 0.123. The van der Waals surface area contributed by atoms with Crippen molar-refractivity contribution < 1.29 is 4.79 Å². The zero-order chi connectivity index (χ0) is 19.8. The van der Waals surface area contributed by atoms with E-state index >= 15 is 0 Å². The van der Waals surface area contributed by atoms with E-state index in [0.717, 1.165) is 36.8 Å². The van der Waals surface area contributed by atoms with Crippen LogP contribution in [0.15, 0.2) is 41.3 Å². The molecule has 0 radical (unpaired) electrons. The monoisotopic (exact) mass is 378 g/mol. The van der Waals surface area contributed by atoms with E-state index in [2.05, 4.69) is 34.7 Å². The fourth-order valence-corrected chi connectivity index (χ4v) is 4.47. The average Bonchev–Trinajstić information content (AvgIpc) is 3.05. The normalized spacial score (nSPS) is 19.7. The van der Waals surface area contributed by atoms with Crippen molar-refractivity contribution in [3.8, 4) is 0 Å². The number of pyridine rings is 1. The lowest BCUT2D eigenvalue weighted by Crippen LogP contribution is -2.38. The number of benzene rings is 1. The van der Waals surface area contributed by atoms with Crippen molar-refractivity contribution in [2.75, 3.05) is 0 Å². The first kappa shape index (κ1) is 18.5. The molecule has 3 aromatic rings. The Morgan fingerprint density at radius 2 is 1.79 bits per heavy atom. The van der Waals surface area contributed by atoms with Gasteiger partial charge in [-0.25, -0.2) is 0 Å². The number of hydrogen-bond donors (Lipinski definition) is 1.